The lowest BCUT2D eigenvalue weighted by Crippen LogP contribution is -2.47. The summed E-state index contributed by atoms with van der Waals surface area (Å²) in [5.41, 5.74) is 0. The first kappa shape index (κ1) is 17.7. The summed E-state index contributed by atoms with van der Waals surface area (Å²) >= 11 is 0. The van der Waals surface area contributed by atoms with Gasteiger partial charge < -0.3 is 15.0 Å². The monoisotopic (exact) mass is 278 g/mol. The van der Waals surface area contributed by atoms with E-state index in [0.29, 0.717) is 12.6 Å². The molecular formula is C13H27ClN2O2. The number of amides is 1. The van der Waals surface area contributed by atoms with Gasteiger partial charge in [-0.25, -0.2) is 0 Å². The molecule has 1 fully saturated rings. The number of carbonyl (C=O) groups excluding carboxylic acids is 1. The number of piperidine rings is 1. The quantitative estimate of drug-likeness (QED) is 0.723. The molecule has 1 aliphatic rings. The van der Waals surface area contributed by atoms with Crippen LogP contribution in [0.3, 0.4) is 0 Å². The molecular weight excluding hydrogens is 252 g/mol. The Morgan fingerprint density at radius 2 is 1.94 bits per heavy atom. The molecule has 108 valence electrons. The average Bonchev–Trinajstić information content (AvgIpc) is 2.37. The maximum absolute atomic E-state index is 12.1. The zero-order valence-electron chi connectivity index (χ0n) is 11.6. The SMILES string of the molecule is CCCOCC(=O)N(CCC)C1CCNCC1.Cl. The summed E-state index contributed by atoms with van der Waals surface area (Å²) in [6, 6.07) is 0.411. The lowest BCUT2D eigenvalue weighted by Gasteiger charge is -2.34. The van der Waals surface area contributed by atoms with Gasteiger partial charge in [0.2, 0.25) is 5.91 Å². The highest BCUT2D eigenvalue weighted by molar-refractivity contribution is 5.85. The van der Waals surface area contributed by atoms with Crippen molar-refractivity contribution in [2.45, 2.75) is 45.6 Å². The van der Waals surface area contributed by atoms with E-state index in [1.807, 2.05) is 4.90 Å². The van der Waals surface area contributed by atoms with Crippen molar-refractivity contribution in [1.82, 2.24) is 10.2 Å². The van der Waals surface area contributed by atoms with Crippen LogP contribution in [0, 0.1) is 0 Å². The number of hydrogen-bond acceptors (Lipinski definition) is 3. The van der Waals surface area contributed by atoms with Crippen molar-refractivity contribution in [1.29, 1.82) is 0 Å². The van der Waals surface area contributed by atoms with Gasteiger partial charge in [-0.1, -0.05) is 13.8 Å². The number of hydrogen-bond donors (Lipinski definition) is 1. The van der Waals surface area contributed by atoms with E-state index in [9.17, 15) is 4.79 Å². The van der Waals surface area contributed by atoms with E-state index in [2.05, 4.69) is 19.2 Å². The highest BCUT2D eigenvalue weighted by Gasteiger charge is 2.24. The minimum absolute atomic E-state index is 0. The van der Waals surface area contributed by atoms with E-state index in [-0.39, 0.29) is 24.9 Å². The van der Waals surface area contributed by atoms with Crippen LogP contribution >= 0.6 is 12.4 Å². The molecule has 0 atom stereocenters. The molecule has 0 bridgehead atoms. The van der Waals surface area contributed by atoms with Crippen LogP contribution in [0.1, 0.15) is 39.5 Å². The van der Waals surface area contributed by atoms with Crippen LogP contribution in [0.25, 0.3) is 0 Å². The summed E-state index contributed by atoms with van der Waals surface area (Å²) in [4.78, 5) is 14.1. The van der Waals surface area contributed by atoms with E-state index >= 15 is 0 Å². The molecule has 0 aromatic carbocycles. The molecule has 4 nitrogen and oxygen atoms in total. The molecule has 18 heavy (non-hydrogen) atoms. The maximum Gasteiger partial charge on any atom is 0.248 e. The van der Waals surface area contributed by atoms with Crippen LogP contribution in [0.5, 0.6) is 0 Å². The molecule has 0 saturated carbocycles. The van der Waals surface area contributed by atoms with Crippen molar-refractivity contribution < 1.29 is 9.53 Å². The Morgan fingerprint density at radius 3 is 2.50 bits per heavy atom. The predicted molar refractivity (Wildman–Crippen MR) is 76.3 cm³/mol. The van der Waals surface area contributed by atoms with Crippen LogP contribution in [-0.4, -0.2) is 49.7 Å². The van der Waals surface area contributed by atoms with Gasteiger partial charge >= 0.3 is 0 Å². The summed E-state index contributed by atoms with van der Waals surface area (Å²) in [6.45, 7) is 8.01. The van der Waals surface area contributed by atoms with E-state index in [0.717, 1.165) is 45.3 Å². The molecule has 0 aliphatic carbocycles. The lowest BCUT2D eigenvalue weighted by molar-refractivity contribution is -0.139. The Balaban J connectivity index is 0.00000289. The van der Waals surface area contributed by atoms with Gasteiger partial charge in [-0.15, -0.1) is 12.4 Å². The van der Waals surface area contributed by atoms with E-state index in [4.69, 9.17) is 4.74 Å². The highest BCUT2D eigenvalue weighted by atomic mass is 35.5. The summed E-state index contributed by atoms with van der Waals surface area (Å²) in [6.07, 6.45) is 4.12. The third kappa shape index (κ3) is 6.03. The molecule has 0 aromatic heterocycles. The van der Waals surface area contributed by atoms with Gasteiger partial charge in [0, 0.05) is 19.2 Å². The zero-order valence-corrected chi connectivity index (χ0v) is 12.4. The second kappa shape index (κ2) is 10.6. The van der Waals surface area contributed by atoms with Gasteiger partial charge in [0.05, 0.1) is 0 Å². The first-order valence-electron chi connectivity index (χ1n) is 6.87. The van der Waals surface area contributed by atoms with Crippen molar-refractivity contribution in [2.75, 3.05) is 32.8 Å². The van der Waals surface area contributed by atoms with Crippen LogP contribution in [0.15, 0.2) is 0 Å². The predicted octanol–water partition coefficient (Wildman–Crippen LogP) is 1.83. The molecule has 0 radical (unpaired) electrons. The Hall–Kier alpha value is -0.320. The molecule has 1 N–H and O–H groups in total. The van der Waals surface area contributed by atoms with Crippen molar-refractivity contribution >= 4 is 18.3 Å². The molecule has 0 unspecified atom stereocenters. The van der Waals surface area contributed by atoms with Crippen LogP contribution < -0.4 is 5.32 Å². The fourth-order valence-corrected chi connectivity index (χ4v) is 2.26. The normalized spacial score (nSPS) is 16.1. The molecule has 1 heterocycles. The van der Waals surface area contributed by atoms with Gasteiger partial charge in [-0.2, -0.15) is 0 Å². The van der Waals surface area contributed by atoms with Crippen molar-refractivity contribution in [3.63, 3.8) is 0 Å². The topological polar surface area (TPSA) is 41.6 Å². The number of rotatable bonds is 7. The second-order valence-corrected chi connectivity index (χ2v) is 4.62. The molecule has 1 saturated heterocycles. The van der Waals surface area contributed by atoms with Crippen molar-refractivity contribution in [2.24, 2.45) is 0 Å². The maximum atomic E-state index is 12.1. The van der Waals surface area contributed by atoms with Crippen molar-refractivity contribution in [3.8, 4) is 0 Å². The molecule has 1 amide bonds. The summed E-state index contributed by atoms with van der Waals surface area (Å²) in [5.74, 6) is 0.159. The molecule has 5 heteroatoms. The lowest BCUT2D eigenvalue weighted by atomic mass is 10.0. The van der Waals surface area contributed by atoms with Crippen LogP contribution in [0.4, 0.5) is 0 Å². The number of halogens is 1. The Morgan fingerprint density at radius 1 is 1.28 bits per heavy atom. The minimum atomic E-state index is 0. The fraction of sp³-hybridized carbons (Fsp3) is 0.923. The largest absolute Gasteiger partial charge is 0.372 e. The second-order valence-electron chi connectivity index (χ2n) is 4.62. The third-order valence-electron chi connectivity index (χ3n) is 3.11. The first-order chi connectivity index (χ1) is 8.29. The van der Waals surface area contributed by atoms with E-state index < -0.39 is 0 Å². The van der Waals surface area contributed by atoms with Gasteiger partial charge in [0.1, 0.15) is 6.61 Å². The van der Waals surface area contributed by atoms with Crippen LogP contribution in [0.2, 0.25) is 0 Å². The number of ether oxygens (including phenoxy) is 1. The van der Waals surface area contributed by atoms with Gasteiger partial charge in [-0.3, -0.25) is 4.79 Å². The van der Waals surface area contributed by atoms with Gasteiger partial charge in [-0.05, 0) is 38.8 Å². The molecule has 0 aromatic rings. The summed E-state index contributed by atoms with van der Waals surface area (Å²) < 4.78 is 5.36. The number of nitrogens with one attached hydrogen (secondary N) is 1. The number of carbonyl (C=O) groups is 1. The van der Waals surface area contributed by atoms with Gasteiger partial charge in [0.25, 0.3) is 0 Å². The van der Waals surface area contributed by atoms with E-state index in [1.54, 1.807) is 0 Å². The zero-order chi connectivity index (χ0) is 12.5. The van der Waals surface area contributed by atoms with Gasteiger partial charge in [0.15, 0.2) is 0 Å². The smallest absolute Gasteiger partial charge is 0.248 e. The molecule has 1 rings (SSSR count). The molecule has 0 spiro atoms. The van der Waals surface area contributed by atoms with E-state index in [1.165, 1.54) is 0 Å². The van der Waals surface area contributed by atoms with Crippen molar-refractivity contribution in [3.05, 3.63) is 0 Å². The molecule has 1 aliphatic heterocycles. The fourth-order valence-electron chi connectivity index (χ4n) is 2.26. The Kier molecular flexibility index (Phi) is 10.4. The van der Waals surface area contributed by atoms with Crippen LogP contribution in [-0.2, 0) is 9.53 Å². The third-order valence-corrected chi connectivity index (χ3v) is 3.11. The average molecular weight is 279 g/mol. The Labute approximate surface area is 117 Å². The first-order valence-corrected chi connectivity index (χ1v) is 6.87. The summed E-state index contributed by atoms with van der Waals surface area (Å²) in [7, 11) is 0. The Bertz CT molecular complexity index is 221. The number of nitrogens with zero attached hydrogens (tertiary/aromatic N) is 1. The standard InChI is InChI=1S/C13H26N2O2.ClH/c1-3-9-15(12-5-7-14-8-6-12)13(16)11-17-10-4-2;/h12,14H,3-11H2,1-2H3;1H. The highest BCUT2D eigenvalue weighted by Crippen LogP contribution is 2.12. The minimum Gasteiger partial charge on any atom is -0.372 e. The summed E-state index contributed by atoms with van der Waals surface area (Å²) in [5, 5.41) is 3.33.